The Kier molecular flexibility index (Phi) is 5.01. The van der Waals surface area contributed by atoms with Gasteiger partial charge < -0.3 is 15.0 Å². The van der Waals surface area contributed by atoms with Gasteiger partial charge >= 0.3 is 0 Å². The van der Waals surface area contributed by atoms with E-state index in [2.05, 4.69) is 24.5 Å². The molecular weight excluding hydrogens is 250 g/mol. The van der Waals surface area contributed by atoms with Crippen molar-refractivity contribution < 1.29 is 4.74 Å². The van der Waals surface area contributed by atoms with Crippen LogP contribution in [0.15, 0.2) is 18.2 Å². The molecule has 2 N–H and O–H groups in total. The molecule has 0 aliphatic heterocycles. The van der Waals surface area contributed by atoms with Crippen LogP contribution in [0.4, 0.5) is 0 Å². The summed E-state index contributed by atoms with van der Waals surface area (Å²) in [7, 11) is 0. The fraction of sp³-hybridized carbons (Fsp3) is 0.562. The summed E-state index contributed by atoms with van der Waals surface area (Å²) in [6.07, 6.45) is 3.28. The van der Waals surface area contributed by atoms with Crippen LogP contribution >= 0.6 is 0 Å². The Morgan fingerprint density at radius 1 is 1.30 bits per heavy atom. The van der Waals surface area contributed by atoms with Crippen LogP contribution < -0.4 is 10.5 Å². The number of aryl methyl sites for hydroxylation is 1. The molecule has 0 saturated heterocycles. The molecule has 4 nitrogen and oxygen atoms in total. The lowest BCUT2D eigenvalue weighted by Crippen LogP contribution is -2.16. The number of benzene rings is 1. The number of hydrogen-bond acceptors (Lipinski definition) is 3. The zero-order valence-corrected chi connectivity index (χ0v) is 12.7. The summed E-state index contributed by atoms with van der Waals surface area (Å²) in [6.45, 7) is 7.86. The Hall–Kier alpha value is -1.55. The van der Waals surface area contributed by atoms with Crippen LogP contribution in [0.25, 0.3) is 11.0 Å². The van der Waals surface area contributed by atoms with Crippen LogP contribution in [0.3, 0.4) is 0 Å². The van der Waals surface area contributed by atoms with Crippen molar-refractivity contribution in [2.24, 2.45) is 5.73 Å². The van der Waals surface area contributed by atoms with Gasteiger partial charge in [0, 0.05) is 12.6 Å². The van der Waals surface area contributed by atoms with E-state index in [-0.39, 0.29) is 6.04 Å². The third-order valence-corrected chi connectivity index (χ3v) is 3.58. The molecule has 4 heteroatoms. The van der Waals surface area contributed by atoms with Crippen molar-refractivity contribution >= 4 is 11.0 Å². The summed E-state index contributed by atoms with van der Waals surface area (Å²) in [5, 5.41) is 0. The molecule has 0 amide bonds. The lowest BCUT2D eigenvalue weighted by Gasteiger charge is -2.12. The van der Waals surface area contributed by atoms with Gasteiger partial charge in [-0.25, -0.2) is 4.98 Å². The largest absolute Gasteiger partial charge is 0.494 e. The molecule has 1 heterocycles. The monoisotopic (exact) mass is 275 g/mol. The molecule has 0 bridgehead atoms. The van der Waals surface area contributed by atoms with Gasteiger partial charge in [0.25, 0.3) is 0 Å². The molecule has 2 rings (SSSR count). The van der Waals surface area contributed by atoms with Gasteiger partial charge in [0.15, 0.2) is 0 Å². The molecule has 0 fully saturated rings. The fourth-order valence-electron chi connectivity index (χ4n) is 2.55. The molecule has 1 aromatic carbocycles. The van der Waals surface area contributed by atoms with Crippen molar-refractivity contribution in [3.05, 3.63) is 24.0 Å². The zero-order valence-electron chi connectivity index (χ0n) is 12.7. The minimum absolute atomic E-state index is 0.0119. The van der Waals surface area contributed by atoms with Crippen LogP contribution in [-0.2, 0) is 6.54 Å². The van der Waals surface area contributed by atoms with Crippen molar-refractivity contribution in [3.8, 4) is 5.75 Å². The first-order chi connectivity index (χ1) is 9.71. The summed E-state index contributed by atoms with van der Waals surface area (Å²) in [5.41, 5.74) is 8.41. The fourth-order valence-corrected chi connectivity index (χ4v) is 2.55. The van der Waals surface area contributed by atoms with Crippen molar-refractivity contribution in [2.75, 3.05) is 6.61 Å². The van der Waals surface area contributed by atoms with Gasteiger partial charge in [-0.05, 0) is 32.4 Å². The lowest BCUT2D eigenvalue weighted by molar-refractivity contribution is 0.340. The molecular formula is C16H25N3O. The van der Waals surface area contributed by atoms with Crippen LogP contribution in [0.5, 0.6) is 5.75 Å². The number of hydrogen-bond donors (Lipinski definition) is 1. The number of fused-ring (bicyclic) bond motifs is 1. The maximum atomic E-state index is 6.30. The topological polar surface area (TPSA) is 53.1 Å². The van der Waals surface area contributed by atoms with E-state index >= 15 is 0 Å². The van der Waals surface area contributed by atoms with E-state index in [1.165, 1.54) is 0 Å². The molecule has 20 heavy (non-hydrogen) atoms. The van der Waals surface area contributed by atoms with Gasteiger partial charge in [0.2, 0.25) is 0 Å². The minimum atomic E-state index is 0.0119. The molecule has 0 aliphatic rings. The highest BCUT2D eigenvalue weighted by atomic mass is 16.5. The Morgan fingerprint density at radius 2 is 2.10 bits per heavy atom. The SMILES string of the molecule is CCCCC(N)c1nc2cc(OCC)ccc2n1CC. The molecule has 0 radical (unpaired) electrons. The van der Waals surface area contributed by atoms with Crippen molar-refractivity contribution in [1.82, 2.24) is 9.55 Å². The number of nitrogens with zero attached hydrogens (tertiary/aromatic N) is 2. The number of ether oxygens (including phenoxy) is 1. The average molecular weight is 275 g/mol. The Balaban J connectivity index is 2.38. The van der Waals surface area contributed by atoms with Gasteiger partial charge in [0.05, 0.1) is 23.7 Å². The summed E-state index contributed by atoms with van der Waals surface area (Å²) in [4.78, 5) is 4.74. The standard InChI is InChI=1S/C16H25N3O/c1-4-7-8-13(17)16-18-14-11-12(20-6-3)9-10-15(14)19(16)5-2/h9-11,13H,4-8,17H2,1-3H3. The number of rotatable bonds is 7. The molecule has 110 valence electrons. The van der Waals surface area contributed by atoms with E-state index in [9.17, 15) is 0 Å². The smallest absolute Gasteiger partial charge is 0.126 e. The number of imidazole rings is 1. The first-order valence-electron chi connectivity index (χ1n) is 7.59. The van der Waals surface area contributed by atoms with Crippen molar-refractivity contribution in [1.29, 1.82) is 0 Å². The quantitative estimate of drug-likeness (QED) is 0.839. The normalized spacial score (nSPS) is 12.8. The second-order valence-corrected chi connectivity index (χ2v) is 5.05. The van der Waals surface area contributed by atoms with E-state index in [1.54, 1.807) is 0 Å². The van der Waals surface area contributed by atoms with Gasteiger partial charge in [0.1, 0.15) is 11.6 Å². The number of aromatic nitrogens is 2. The maximum Gasteiger partial charge on any atom is 0.126 e. The molecule has 0 spiro atoms. The van der Waals surface area contributed by atoms with E-state index in [4.69, 9.17) is 15.5 Å². The molecule has 1 aromatic heterocycles. The van der Waals surface area contributed by atoms with Crippen LogP contribution in [0.1, 0.15) is 51.9 Å². The summed E-state index contributed by atoms with van der Waals surface area (Å²) < 4.78 is 7.76. The predicted octanol–water partition coefficient (Wildman–Crippen LogP) is 3.64. The highest BCUT2D eigenvalue weighted by molar-refractivity contribution is 5.78. The third-order valence-electron chi connectivity index (χ3n) is 3.58. The average Bonchev–Trinajstić information content (AvgIpc) is 2.82. The first kappa shape index (κ1) is 14.9. The second kappa shape index (κ2) is 6.75. The molecule has 2 aromatic rings. The van der Waals surface area contributed by atoms with Crippen LogP contribution in [0.2, 0.25) is 0 Å². The lowest BCUT2D eigenvalue weighted by atomic mass is 10.1. The molecule has 1 atom stereocenters. The van der Waals surface area contributed by atoms with Gasteiger partial charge in [-0.15, -0.1) is 0 Å². The van der Waals surface area contributed by atoms with E-state index in [1.807, 2.05) is 19.1 Å². The Bertz CT molecular complexity index is 562. The van der Waals surface area contributed by atoms with Crippen molar-refractivity contribution in [2.45, 2.75) is 52.6 Å². The number of unbranched alkanes of at least 4 members (excludes halogenated alkanes) is 1. The highest BCUT2D eigenvalue weighted by Gasteiger charge is 2.16. The van der Waals surface area contributed by atoms with E-state index in [0.29, 0.717) is 6.61 Å². The maximum absolute atomic E-state index is 6.30. The summed E-state index contributed by atoms with van der Waals surface area (Å²) in [5.74, 6) is 1.86. The Labute approximate surface area is 120 Å². The zero-order chi connectivity index (χ0) is 14.5. The van der Waals surface area contributed by atoms with Gasteiger partial charge in [-0.2, -0.15) is 0 Å². The second-order valence-electron chi connectivity index (χ2n) is 5.05. The van der Waals surface area contributed by atoms with Crippen LogP contribution in [0, 0.1) is 0 Å². The molecule has 0 aliphatic carbocycles. The summed E-state index contributed by atoms with van der Waals surface area (Å²) in [6, 6.07) is 6.09. The van der Waals surface area contributed by atoms with E-state index in [0.717, 1.165) is 48.4 Å². The third kappa shape index (κ3) is 2.96. The van der Waals surface area contributed by atoms with Crippen molar-refractivity contribution in [3.63, 3.8) is 0 Å². The molecule has 0 saturated carbocycles. The summed E-state index contributed by atoms with van der Waals surface area (Å²) >= 11 is 0. The van der Waals surface area contributed by atoms with Gasteiger partial charge in [-0.3, -0.25) is 0 Å². The molecule has 1 unspecified atom stereocenters. The first-order valence-corrected chi connectivity index (χ1v) is 7.59. The number of nitrogens with two attached hydrogens (primary N) is 1. The highest BCUT2D eigenvalue weighted by Crippen LogP contribution is 2.25. The Morgan fingerprint density at radius 3 is 2.75 bits per heavy atom. The minimum Gasteiger partial charge on any atom is -0.494 e. The predicted molar refractivity (Wildman–Crippen MR) is 83.0 cm³/mol. The van der Waals surface area contributed by atoms with Gasteiger partial charge in [-0.1, -0.05) is 19.8 Å². The van der Waals surface area contributed by atoms with E-state index < -0.39 is 0 Å². The van der Waals surface area contributed by atoms with Crippen LogP contribution in [-0.4, -0.2) is 16.2 Å².